The van der Waals surface area contributed by atoms with Gasteiger partial charge in [-0.1, -0.05) is 0 Å². The number of rotatable bonds is 1. The molecule has 0 saturated carbocycles. The molecule has 3 heteroatoms. The molecule has 0 aliphatic carbocycles. The van der Waals surface area contributed by atoms with Gasteiger partial charge in [0.25, 0.3) is 0 Å². The lowest BCUT2D eigenvalue weighted by Gasteiger charge is -1.90. The van der Waals surface area contributed by atoms with Gasteiger partial charge in [-0.3, -0.25) is 4.79 Å². The van der Waals surface area contributed by atoms with Crippen LogP contribution in [0.2, 0.25) is 0 Å². The summed E-state index contributed by atoms with van der Waals surface area (Å²) in [5.74, 6) is -1.31. The third kappa shape index (κ3) is 1.72. The van der Waals surface area contributed by atoms with Gasteiger partial charge >= 0.3 is 5.97 Å². The Kier molecular flexibility index (Phi) is 1.06. The number of aliphatic carboxylic acids is 1. The lowest BCUT2D eigenvalue weighted by molar-refractivity contribution is -0.138. The second-order valence-electron chi connectivity index (χ2n) is 0.988. The highest BCUT2D eigenvalue weighted by Gasteiger charge is 1.99. The van der Waals surface area contributed by atoms with E-state index < -0.39 is 12.0 Å². The first-order valence-electron chi connectivity index (χ1n) is 1.97. The summed E-state index contributed by atoms with van der Waals surface area (Å²) < 4.78 is 6.56. The van der Waals surface area contributed by atoms with E-state index in [-0.39, 0.29) is 0 Å². The van der Waals surface area contributed by atoms with E-state index in [9.17, 15) is 4.79 Å². The highest BCUT2D eigenvalue weighted by Crippen LogP contribution is 1.68. The fraction of sp³-hybridized carbons (Fsp3) is 0.667. The molecule has 6 heavy (non-hydrogen) atoms. The monoisotopic (exact) mass is 92.1 g/mol. The van der Waals surface area contributed by atoms with Crippen molar-refractivity contribution in [1.82, 2.24) is 0 Å². The Morgan fingerprint density at radius 3 is 2.50 bits per heavy atom. The molecular weight excluding hydrogens is 84.0 g/mol. The highest BCUT2D eigenvalue weighted by atomic mass is 16.5. The van der Waals surface area contributed by atoms with E-state index in [1.54, 1.807) is 0 Å². The van der Waals surface area contributed by atoms with Crippen LogP contribution in [0.5, 0.6) is 0 Å². The van der Waals surface area contributed by atoms with Crippen molar-refractivity contribution in [1.29, 1.82) is 0 Å². The molecule has 0 aromatic rings. The fourth-order valence-corrected chi connectivity index (χ4v) is 0. The summed E-state index contributed by atoms with van der Waals surface area (Å²) in [5.41, 5.74) is 4.75. The van der Waals surface area contributed by atoms with Crippen LogP contribution >= 0.6 is 0 Å². The Morgan fingerprint density at radius 1 is 2.33 bits per heavy atom. The van der Waals surface area contributed by atoms with Gasteiger partial charge in [-0.15, -0.1) is 0 Å². The van der Waals surface area contributed by atoms with Crippen molar-refractivity contribution in [3.63, 3.8) is 0 Å². The van der Waals surface area contributed by atoms with Crippen LogP contribution in [-0.2, 0) is 4.79 Å². The van der Waals surface area contributed by atoms with Crippen LogP contribution in [0.3, 0.4) is 0 Å². The van der Waals surface area contributed by atoms with Crippen molar-refractivity contribution in [2.75, 3.05) is 0 Å². The summed E-state index contributed by atoms with van der Waals surface area (Å²) in [4.78, 5) is 9.71. The Balaban J connectivity index is 3.79. The van der Waals surface area contributed by atoms with Gasteiger partial charge in [0.1, 0.15) is 6.02 Å². The second-order valence-corrected chi connectivity index (χ2v) is 0.988. The predicted molar refractivity (Wildman–Crippen MR) is 21.3 cm³/mol. The first-order valence-corrected chi connectivity index (χ1v) is 1.47. The molecule has 0 amide bonds. The molecule has 0 spiro atoms. The van der Waals surface area contributed by atoms with Crippen molar-refractivity contribution in [3.05, 3.63) is 0 Å². The first-order chi connectivity index (χ1) is 2.94. The molecule has 0 aromatic heterocycles. The van der Waals surface area contributed by atoms with E-state index in [0.717, 1.165) is 6.92 Å². The summed E-state index contributed by atoms with van der Waals surface area (Å²) >= 11 is 0. The molecule has 3 N–H and O–H groups in total. The molecule has 0 fully saturated rings. The summed E-state index contributed by atoms with van der Waals surface area (Å²) in [7, 11) is 0. The van der Waals surface area contributed by atoms with Gasteiger partial charge in [-0.2, -0.15) is 0 Å². The van der Waals surface area contributed by atoms with Gasteiger partial charge in [0.2, 0.25) is 0 Å². The summed E-state index contributed by atoms with van der Waals surface area (Å²) in [6.45, 7) is 1.11. The normalized spacial score (nSPS) is 21.3. The predicted octanol–water partition coefficient (Wildman–Crippen LogP) is -0.582. The molecule has 0 aliphatic heterocycles. The minimum absolute atomic E-state index is 1.11. The topological polar surface area (TPSA) is 63.3 Å². The minimum atomic E-state index is -1.83. The first kappa shape index (κ1) is 3.61. The van der Waals surface area contributed by atoms with Crippen LogP contribution in [0, 0.1) is 0 Å². The molecule has 0 saturated heterocycles. The van der Waals surface area contributed by atoms with Gasteiger partial charge in [0, 0.05) is 0 Å². The van der Waals surface area contributed by atoms with E-state index >= 15 is 0 Å². The largest absolute Gasteiger partial charge is 0.480 e. The fourth-order valence-electron chi connectivity index (χ4n) is 0. The van der Waals surface area contributed by atoms with Crippen LogP contribution in [0.4, 0.5) is 0 Å². The Bertz CT molecular complexity index is 85.4. The maximum Gasteiger partial charge on any atom is 0.320 e. The molecule has 36 valence electrons. The van der Waals surface area contributed by atoms with Gasteiger partial charge in [0.05, 0.1) is 1.37 Å². The third-order valence-electron chi connectivity index (χ3n) is 0.337. The van der Waals surface area contributed by atoms with Crippen LogP contribution < -0.4 is 5.73 Å². The summed E-state index contributed by atoms with van der Waals surface area (Å²) in [6, 6.07) is -1.83. The lowest BCUT2D eigenvalue weighted by Crippen LogP contribution is -2.25. The van der Waals surface area contributed by atoms with E-state index in [1.807, 2.05) is 0 Å². The van der Waals surface area contributed by atoms with Gasteiger partial charge in [-0.05, 0) is 6.92 Å². The van der Waals surface area contributed by atoms with E-state index in [0.29, 0.717) is 0 Å². The number of carbonyl (C=O) groups is 1. The molecule has 0 radical (unpaired) electrons. The van der Waals surface area contributed by atoms with Gasteiger partial charge in [0.15, 0.2) is 0 Å². The quantitative estimate of drug-likeness (QED) is 0.425. The molecule has 0 unspecified atom stereocenters. The maximum absolute atomic E-state index is 9.71. The number of carboxylic acid groups (broad SMARTS) is 1. The second kappa shape index (κ2) is 1.77. The average Bonchev–Trinajstić information content (AvgIpc) is 1.31. The molecule has 0 aromatic carbocycles. The van der Waals surface area contributed by atoms with Crippen LogP contribution in [0.1, 0.15) is 8.29 Å². The van der Waals surface area contributed by atoms with Gasteiger partial charge < -0.3 is 10.8 Å². The molecule has 1 atom stereocenters. The SMILES string of the molecule is [2H][13C@](C)(N)[13C](=O)O. The molecule has 0 aliphatic rings. The van der Waals surface area contributed by atoms with Crippen molar-refractivity contribution in [3.8, 4) is 0 Å². The summed E-state index contributed by atoms with van der Waals surface area (Å²) in [5, 5.41) is 7.94. The van der Waals surface area contributed by atoms with E-state index in [2.05, 4.69) is 0 Å². The number of nitrogens with two attached hydrogens (primary N) is 1. The minimum Gasteiger partial charge on any atom is -0.480 e. The smallest absolute Gasteiger partial charge is 0.320 e. The van der Waals surface area contributed by atoms with Crippen LogP contribution in [0.15, 0.2) is 0 Å². The Hall–Kier alpha value is -0.570. The van der Waals surface area contributed by atoms with Crippen molar-refractivity contribution in [2.45, 2.75) is 12.9 Å². The molecule has 0 heterocycles. The van der Waals surface area contributed by atoms with Crippen molar-refractivity contribution in [2.24, 2.45) is 5.73 Å². The third-order valence-corrected chi connectivity index (χ3v) is 0.337. The number of hydrogen-bond acceptors (Lipinski definition) is 2. The number of carboxylic acids is 1. The zero-order valence-electron chi connectivity index (χ0n) is 4.43. The maximum atomic E-state index is 9.71. The lowest BCUT2D eigenvalue weighted by atomic mass is 11.0. The molecule has 0 bridgehead atoms. The molecular formula is C3H7NO2. The van der Waals surface area contributed by atoms with Gasteiger partial charge in [-0.25, -0.2) is 0 Å². The zero-order chi connectivity index (χ0) is 6.08. The Morgan fingerprint density at radius 2 is 2.50 bits per heavy atom. The summed E-state index contributed by atoms with van der Waals surface area (Å²) in [6.07, 6.45) is 0. The van der Waals surface area contributed by atoms with Crippen LogP contribution in [-0.4, -0.2) is 17.1 Å². The van der Waals surface area contributed by atoms with E-state index in [4.69, 9.17) is 12.2 Å². The van der Waals surface area contributed by atoms with Crippen molar-refractivity contribution >= 4 is 5.97 Å². The standard InChI is InChI=1S/C3H7NO2/c1-2(4)3(5)6/h2H,4H2,1H3,(H,5,6)/t2-/m1/s1/i2+1D,3+1. The van der Waals surface area contributed by atoms with E-state index in [1.165, 1.54) is 0 Å². The zero-order valence-corrected chi connectivity index (χ0v) is 3.43. The average molecular weight is 92.1 g/mol. The molecule has 3 nitrogen and oxygen atoms in total. The number of hydrogen-bond donors (Lipinski definition) is 2. The Labute approximate surface area is 37.2 Å². The molecule has 0 rings (SSSR count). The highest BCUT2D eigenvalue weighted by molar-refractivity contribution is 5.72. The van der Waals surface area contributed by atoms with Crippen LogP contribution in [0.25, 0.3) is 0 Å². The van der Waals surface area contributed by atoms with Crippen molar-refractivity contribution < 1.29 is 11.3 Å².